The third-order valence-electron chi connectivity index (χ3n) is 3.06. The molecule has 78 valence electrons. The van der Waals surface area contributed by atoms with Gasteiger partial charge in [-0.05, 0) is 39.9 Å². The number of hydrogen-bond donors (Lipinski definition) is 1. The summed E-state index contributed by atoms with van der Waals surface area (Å²) >= 11 is 0. The van der Waals surface area contributed by atoms with Crippen LogP contribution < -0.4 is 5.69 Å². The smallest absolute Gasteiger partial charge is 0.312 e. The van der Waals surface area contributed by atoms with E-state index < -0.39 is 0 Å². The van der Waals surface area contributed by atoms with Crippen LogP contribution in [0, 0.1) is 6.92 Å². The van der Waals surface area contributed by atoms with Crippen LogP contribution in [0.3, 0.4) is 0 Å². The average Bonchev–Trinajstić information content (AvgIpc) is 2.49. The zero-order valence-electron chi connectivity index (χ0n) is 8.79. The molecule has 0 spiro atoms. The highest BCUT2D eigenvalue weighted by Gasteiger charge is 2.20. The molecule has 1 saturated heterocycles. The van der Waals surface area contributed by atoms with Crippen LogP contribution in [0.25, 0.3) is 0 Å². The molecule has 4 nitrogen and oxygen atoms in total. The lowest BCUT2D eigenvalue weighted by atomic mass is 10.1. The second kappa shape index (κ2) is 3.61. The molecule has 0 saturated carbocycles. The monoisotopic (exact) mass is 195 g/mol. The van der Waals surface area contributed by atoms with Crippen LogP contribution >= 0.6 is 0 Å². The van der Waals surface area contributed by atoms with E-state index in [0.717, 1.165) is 31.6 Å². The minimum Gasteiger partial charge on any atom is -0.312 e. The maximum atomic E-state index is 11.5. The molecule has 1 aromatic heterocycles. The van der Waals surface area contributed by atoms with Crippen molar-refractivity contribution in [3.8, 4) is 0 Å². The molecule has 2 heterocycles. The first-order valence-electron chi connectivity index (χ1n) is 5.13. The number of hydrogen-bond acceptors (Lipinski definition) is 2. The summed E-state index contributed by atoms with van der Waals surface area (Å²) in [6.07, 6.45) is 3.95. The van der Waals surface area contributed by atoms with Crippen molar-refractivity contribution in [2.24, 2.45) is 0 Å². The Balaban J connectivity index is 2.20. The van der Waals surface area contributed by atoms with Crippen LogP contribution in [0.5, 0.6) is 0 Å². The highest BCUT2D eigenvalue weighted by atomic mass is 16.1. The van der Waals surface area contributed by atoms with E-state index in [1.807, 2.05) is 11.5 Å². The molecule has 0 aromatic carbocycles. The van der Waals surface area contributed by atoms with E-state index in [0.29, 0.717) is 6.04 Å². The molecule has 2 rings (SSSR count). The molecule has 0 radical (unpaired) electrons. The van der Waals surface area contributed by atoms with Gasteiger partial charge in [-0.2, -0.15) is 0 Å². The topological polar surface area (TPSA) is 41.0 Å². The predicted molar refractivity (Wildman–Crippen MR) is 55.6 cm³/mol. The van der Waals surface area contributed by atoms with Crippen molar-refractivity contribution in [1.82, 2.24) is 14.5 Å². The maximum absolute atomic E-state index is 11.5. The molecule has 0 amide bonds. The first-order valence-corrected chi connectivity index (χ1v) is 5.13. The molecule has 0 unspecified atom stereocenters. The summed E-state index contributed by atoms with van der Waals surface area (Å²) in [6, 6.07) is 0.393. The van der Waals surface area contributed by atoms with Crippen LogP contribution in [-0.4, -0.2) is 34.6 Å². The van der Waals surface area contributed by atoms with Crippen molar-refractivity contribution < 1.29 is 0 Å². The summed E-state index contributed by atoms with van der Waals surface area (Å²) in [5.74, 6) is 0. The Morgan fingerprint density at radius 3 is 2.57 bits per heavy atom. The van der Waals surface area contributed by atoms with Gasteiger partial charge in [-0.3, -0.25) is 4.57 Å². The summed E-state index contributed by atoms with van der Waals surface area (Å²) in [5.41, 5.74) is 1.08. The van der Waals surface area contributed by atoms with Gasteiger partial charge in [0.25, 0.3) is 0 Å². The van der Waals surface area contributed by atoms with E-state index in [1.165, 1.54) is 0 Å². The van der Waals surface area contributed by atoms with Gasteiger partial charge in [0.15, 0.2) is 0 Å². The van der Waals surface area contributed by atoms with Crippen LogP contribution in [0.2, 0.25) is 0 Å². The Morgan fingerprint density at radius 2 is 2.07 bits per heavy atom. The second-order valence-electron chi connectivity index (χ2n) is 4.14. The summed E-state index contributed by atoms with van der Waals surface area (Å²) < 4.78 is 1.90. The number of rotatable bonds is 1. The molecule has 1 aromatic rings. The third kappa shape index (κ3) is 1.62. The Hall–Kier alpha value is -1.03. The Bertz CT molecular complexity index is 358. The van der Waals surface area contributed by atoms with Gasteiger partial charge in [-0.15, -0.1) is 0 Å². The summed E-state index contributed by atoms with van der Waals surface area (Å²) in [6.45, 7) is 4.15. The van der Waals surface area contributed by atoms with Gasteiger partial charge in [0.05, 0.1) is 0 Å². The van der Waals surface area contributed by atoms with Crippen molar-refractivity contribution in [3.63, 3.8) is 0 Å². The van der Waals surface area contributed by atoms with E-state index in [4.69, 9.17) is 0 Å². The highest BCUT2D eigenvalue weighted by molar-refractivity contribution is 4.98. The number of H-pyrrole nitrogens is 1. The number of likely N-dealkylation sites (tertiary alicyclic amines) is 1. The normalized spacial score (nSPS) is 20.1. The van der Waals surface area contributed by atoms with Gasteiger partial charge in [0.1, 0.15) is 0 Å². The SMILES string of the molecule is Cc1c[nH]c(=O)n1C1CCN(C)CC1. The Kier molecular flexibility index (Phi) is 2.46. The molecule has 1 fully saturated rings. The summed E-state index contributed by atoms with van der Waals surface area (Å²) in [5, 5.41) is 0. The largest absolute Gasteiger partial charge is 0.325 e. The minimum atomic E-state index is 0.0389. The van der Waals surface area contributed by atoms with Gasteiger partial charge in [0, 0.05) is 17.9 Å². The standard InChI is InChI=1S/C10H17N3O/c1-8-7-11-10(14)13(8)9-3-5-12(2)6-4-9/h7,9H,3-6H2,1-2H3,(H,11,14). The lowest BCUT2D eigenvalue weighted by Gasteiger charge is -2.29. The highest BCUT2D eigenvalue weighted by Crippen LogP contribution is 2.20. The number of nitrogens with one attached hydrogen (secondary N) is 1. The zero-order chi connectivity index (χ0) is 10.1. The molecule has 1 N–H and O–H groups in total. The van der Waals surface area contributed by atoms with Gasteiger partial charge in [-0.25, -0.2) is 4.79 Å². The number of piperidine rings is 1. The maximum Gasteiger partial charge on any atom is 0.325 e. The molecule has 1 aliphatic rings. The lowest BCUT2D eigenvalue weighted by Crippen LogP contribution is -2.35. The lowest BCUT2D eigenvalue weighted by molar-refractivity contribution is 0.217. The average molecular weight is 195 g/mol. The van der Waals surface area contributed by atoms with Crippen molar-refractivity contribution in [3.05, 3.63) is 22.4 Å². The van der Waals surface area contributed by atoms with Crippen molar-refractivity contribution in [2.75, 3.05) is 20.1 Å². The Morgan fingerprint density at radius 1 is 1.43 bits per heavy atom. The number of aryl methyl sites for hydroxylation is 1. The first-order chi connectivity index (χ1) is 6.68. The molecule has 0 aliphatic carbocycles. The molecular formula is C10H17N3O. The number of aromatic nitrogens is 2. The molecule has 4 heteroatoms. The van der Waals surface area contributed by atoms with E-state index >= 15 is 0 Å². The van der Waals surface area contributed by atoms with Crippen molar-refractivity contribution in [1.29, 1.82) is 0 Å². The van der Waals surface area contributed by atoms with Gasteiger partial charge < -0.3 is 9.88 Å². The van der Waals surface area contributed by atoms with Gasteiger partial charge in [-0.1, -0.05) is 0 Å². The van der Waals surface area contributed by atoms with E-state index in [1.54, 1.807) is 6.20 Å². The van der Waals surface area contributed by atoms with E-state index in [2.05, 4.69) is 16.9 Å². The summed E-state index contributed by atoms with van der Waals surface area (Å²) in [7, 11) is 2.13. The van der Waals surface area contributed by atoms with Crippen molar-refractivity contribution in [2.45, 2.75) is 25.8 Å². The van der Waals surface area contributed by atoms with Crippen LogP contribution in [0.4, 0.5) is 0 Å². The number of aromatic amines is 1. The molecule has 14 heavy (non-hydrogen) atoms. The molecule has 1 aliphatic heterocycles. The quantitative estimate of drug-likeness (QED) is 0.718. The molecule has 0 bridgehead atoms. The molecule has 0 atom stereocenters. The van der Waals surface area contributed by atoms with Crippen LogP contribution in [0.15, 0.2) is 11.0 Å². The number of nitrogens with zero attached hydrogens (tertiary/aromatic N) is 2. The van der Waals surface area contributed by atoms with Crippen LogP contribution in [-0.2, 0) is 0 Å². The van der Waals surface area contributed by atoms with Gasteiger partial charge in [0.2, 0.25) is 0 Å². The summed E-state index contributed by atoms with van der Waals surface area (Å²) in [4.78, 5) is 16.6. The number of imidazole rings is 1. The fraction of sp³-hybridized carbons (Fsp3) is 0.700. The minimum absolute atomic E-state index is 0.0389. The van der Waals surface area contributed by atoms with Gasteiger partial charge >= 0.3 is 5.69 Å². The van der Waals surface area contributed by atoms with E-state index in [-0.39, 0.29) is 5.69 Å². The first kappa shape index (κ1) is 9.52. The molecular weight excluding hydrogens is 178 g/mol. The van der Waals surface area contributed by atoms with Crippen molar-refractivity contribution >= 4 is 0 Å². The predicted octanol–water partition coefficient (Wildman–Crippen LogP) is 0.752. The third-order valence-corrected chi connectivity index (χ3v) is 3.06. The Labute approximate surface area is 83.5 Å². The van der Waals surface area contributed by atoms with Crippen LogP contribution in [0.1, 0.15) is 24.6 Å². The zero-order valence-corrected chi connectivity index (χ0v) is 8.79. The van der Waals surface area contributed by atoms with E-state index in [9.17, 15) is 4.79 Å². The second-order valence-corrected chi connectivity index (χ2v) is 4.14. The fourth-order valence-electron chi connectivity index (χ4n) is 2.17. The fourth-order valence-corrected chi connectivity index (χ4v) is 2.17.